The van der Waals surface area contributed by atoms with Crippen molar-refractivity contribution in [2.45, 2.75) is 6.61 Å². The van der Waals surface area contributed by atoms with Gasteiger partial charge in [0.15, 0.2) is 10.9 Å². The first-order valence-electron chi connectivity index (χ1n) is 9.93. The summed E-state index contributed by atoms with van der Waals surface area (Å²) in [7, 11) is 1.53. The molecule has 0 atom stereocenters. The van der Waals surface area contributed by atoms with Crippen LogP contribution in [0.1, 0.15) is 11.1 Å². The Labute approximate surface area is 195 Å². The summed E-state index contributed by atoms with van der Waals surface area (Å²) >= 11 is 5.35. The van der Waals surface area contributed by atoms with E-state index >= 15 is 0 Å². The minimum absolute atomic E-state index is 0.0426. The Bertz CT molecular complexity index is 1260. The van der Waals surface area contributed by atoms with E-state index < -0.39 is 4.92 Å². The number of anilines is 1. The standard InChI is InChI=1S/C24H19N3O5S/c1-31-21-12-11-16(13-17(21)15-32-22-10-6-5-9-20(22)27(29)30)14-19-23(28)26(24(33)25-19)18-7-3-2-4-8-18/h2-14H,15H2,1H3,(H,25,33)/b19-14+. The molecule has 0 spiro atoms. The van der Waals surface area contributed by atoms with E-state index in [0.29, 0.717) is 33.4 Å². The lowest BCUT2D eigenvalue weighted by molar-refractivity contribution is -0.385. The van der Waals surface area contributed by atoms with Crippen LogP contribution in [0.4, 0.5) is 11.4 Å². The predicted octanol–water partition coefficient (Wildman–Crippen LogP) is 4.44. The molecule has 1 saturated heterocycles. The Kier molecular flexibility index (Phi) is 6.32. The van der Waals surface area contributed by atoms with Gasteiger partial charge in [-0.25, -0.2) is 0 Å². The van der Waals surface area contributed by atoms with Gasteiger partial charge in [-0.15, -0.1) is 0 Å². The second kappa shape index (κ2) is 9.49. The predicted molar refractivity (Wildman–Crippen MR) is 128 cm³/mol. The molecule has 9 heteroatoms. The molecule has 0 unspecified atom stereocenters. The first-order valence-corrected chi connectivity index (χ1v) is 10.3. The molecule has 0 radical (unpaired) electrons. The first-order chi connectivity index (χ1) is 16.0. The van der Waals surface area contributed by atoms with Crippen LogP contribution < -0.4 is 19.7 Å². The molecule has 0 aromatic heterocycles. The number of nitro groups is 1. The minimum Gasteiger partial charge on any atom is -0.496 e. The number of hydrogen-bond acceptors (Lipinski definition) is 6. The van der Waals surface area contributed by atoms with Crippen molar-refractivity contribution in [3.63, 3.8) is 0 Å². The Morgan fingerprint density at radius 1 is 1.06 bits per heavy atom. The third-order valence-corrected chi connectivity index (χ3v) is 5.24. The second-order valence-electron chi connectivity index (χ2n) is 7.05. The van der Waals surface area contributed by atoms with Crippen molar-refractivity contribution in [3.05, 3.63) is 99.7 Å². The van der Waals surface area contributed by atoms with Gasteiger partial charge in [0.2, 0.25) is 0 Å². The van der Waals surface area contributed by atoms with Crippen LogP contribution in [-0.4, -0.2) is 23.1 Å². The molecule has 0 aliphatic carbocycles. The zero-order valence-corrected chi connectivity index (χ0v) is 18.4. The third kappa shape index (κ3) is 4.68. The van der Waals surface area contributed by atoms with E-state index in [1.54, 1.807) is 48.5 Å². The number of ether oxygens (including phenoxy) is 2. The monoisotopic (exact) mass is 461 g/mol. The summed E-state index contributed by atoms with van der Waals surface area (Å²) in [6.45, 7) is 0.0426. The maximum atomic E-state index is 12.9. The molecule has 166 valence electrons. The molecule has 0 saturated carbocycles. The van der Waals surface area contributed by atoms with Gasteiger partial charge in [0.05, 0.1) is 17.7 Å². The lowest BCUT2D eigenvalue weighted by Crippen LogP contribution is -2.30. The van der Waals surface area contributed by atoms with E-state index in [2.05, 4.69) is 5.32 Å². The molecule has 1 fully saturated rings. The number of thiocarbonyl (C=S) groups is 1. The zero-order chi connectivity index (χ0) is 23.4. The summed E-state index contributed by atoms with van der Waals surface area (Å²) in [5, 5.41) is 14.5. The molecule has 1 N–H and O–H groups in total. The Balaban J connectivity index is 1.58. The van der Waals surface area contributed by atoms with Gasteiger partial charge in [-0.2, -0.15) is 0 Å². The maximum Gasteiger partial charge on any atom is 0.310 e. The number of benzene rings is 3. The highest BCUT2D eigenvalue weighted by Crippen LogP contribution is 2.29. The number of amides is 1. The van der Waals surface area contributed by atoms with Crippen LogP contribution in [0.15, 0.2) is 78.5 Å². The molecule has 1 aliphatic rings. The first kappa shape index (κ1) is 22.0. The summed E-state index contributed by atoms with van der Waals surface area (Å²) in [5.41, 5.74) is 2.27. The molecule has 0 bridgehead atoms. The quantitative estimate of drug-likeness (QED) is 0.241. The summed E-state index contributed by atoms with van der Waals surface area (Å²) in [6, 6.07) is 20.6. The number of nitrogens with zero attached hydrogens (tertiary/aromatic N) is 2. The molecule has 8 nitrogen and oxygen atoms in total. The number of rotatable bonds is 7. The largest absolute Gasteiger partial charge is 0.496 e. The molecule has 33 heavy (non-hydrogen) atoms. The average Bonchev–Trinajstić information content (AvgIpc) is 3.11. The molecular weight excluding hydrogens is 442 g/mol. The van der Waals surface area contributed by atoms with Crippen molar-refractivity contribution in [2.24, 2.45) is 0 Å². The number of nitro benzene ring substituents is 1. The SMILES string of the molecule is COc1ccc(/C=C2/NC(=S)N(c3ccccc3)C2=O)cc1COc1ccccc1[N+](=O)[O-]. The topological polar surface area (TPSA) is 93.9 Å². The Hall–Kier alpha value is -4.24. The molecule has 3 aromatic rings. The molecule has 1 amide bonds. The second-order valence-corrected chi connectivity index (χ2v) is 7.44. The fraction of sp³-hybridized carbons (Fsp3) is 0.0833. The number of carbonyl (C=O) groups excluding carboxylic acids is 1. The van der Waals surface area contributed by atoms with Gasteiger partial charge in [-0.1, -0.05) is 36.4 Å². The normalized spacial score (nSPS) is 14.3. The van der Waals surface area contributed by atoms with Gasteiger partial charge in [-0.3, -0.25) is 19.8 Å². The van der Waals surface area contributed by atoms with Crippen LogP contribution >= 0.6 is 12.2 Å². The van der Waals surface area contributed by atoms with Crippen LogP contribution in [0.2, 0.25) is 0 Å². The van der Waals surface area contributed by atoms with Crippen molar-refractivity contribution >= 4 is 40.7 Å². The van der Waals surface area contributed by atoms with Gasteiger partial charge >= 0.3 is 5.69 Å². The summed E-state index contributed by atoms with van der Waals surface area (Å²) < 4.78 is 11.1. The lowest BCUT2D eigenvalue weighted by atomic mass is 10.1. The smallest absolute Gasteiger partial charge is 0.310 e. The summed E-state index contributed by atoms with van der Waals surface area (Å²) in [5.74, 6) is 0.451. The molecule has 3 aromatic carbocycles. The molecule has 4 rings (SSSR count). The van der Waals surface area contributed by atoms with Crippen LogP contribution in [-0.2, 0) is 11.4 Å². The zero-order valence-electron chi connectivity index (χ0n) is 17.6. The van der Waals surface area contributed by atoms with E-state index in [1.165, 1.54) is 24.1 Å². The van der Waals surface area contributed by atoms with Crippen LogP contribution in [0, 0.1) is 10.1 Å². The average molecular weight is 461 g/mol. The number of methoxy groups -OCH3 is 1. The van der Waals surface area contributed by atoms with Crippen LogP contribution in [0.5, 0.6) is 11.5 Å². The number of para-hydroxylation sites is 3. The number of nitrogens with one attached hydrogen (secondary N) is 1. The fourth-order valence-electron chi connectivity index (χ4n) is 3.40. The highest BCUT2D eigenvalue weighted by molar-refractivity contribution is 7.80. The van der Waals surface area contributed by atoms with Crippen molar-refractivity contribution in [1.29, 1.82) is 0 Å². The minimum atomic E-state index is -0.494. The molecule has 1 heterocycles. The number of carbonyl (C=O) groups is 1. The number of hydrogen-bond donors (Lipinski definition) is 1. The lowest BCUT2D eigenvalue weighted by Gasteiger charge is -2.13. The van der Waals surface area contributed by atoms with Gasteiger partial charge in [-0.05, 0) is 54.2 Å². The highest BCUT2D eigenvalue weighted by atomic mass is 32.1. The van der Waals surface area contributed by atoms with Crippen LogP contribution in [0.25, 0.3) is 6.08 Å². The van der Waals surface area contributed by atoms with Crippen molar-refractivity contribution in [1.82, 2.24) is 5.32 Å². The highest BCUT2D eigenvalue weighted by Gasteiger charge is 2.31. The van der Waals surface area contributed by atoms with E-state index in [1.807, 2.05) is 18.2 Å². The van der Waals surface area contributed by atoms with Gasteiger partial charge in [0.25, 0.3) is 5.91 Å². The van der Waals surface area contributed by atoms with Crippen molar-refractivity contribution < 1.29 is 19.2 Å². The van der Waals surface area contributed by atoms with E-state index in [4.69, 9.17) is 21.7 Å². The Morgan fingerprint density at radius 3 is 2.52 bits per heavy atom. The van der Waals surface area contributed by atoms with Gasteiger partial charge in [0, 0.05) is 11.6 Å². The molecular formula is C24H19N3O5S. The van der Waals surface area contributed by atoms with E-state index in [-0.39, 0.29) is 24.0 Å². The van der Waals surface area contributed by atoms with E-state index in [0.717, 1.165) is 0 Å². The van der Waals surface area contributed by atoms with Crippen LogP contribution in [0.3, 0.4) is 0 Å². The van der Waals surface area contributed by atoms with Crippen molar-refractivity contribution in [3.8, 4) is 11.5 Å². The fourth-order valence-corrected chi connectivity index (χ4v) is 3.70. The Morgan fingerprint density at radius 2 is 1.79 bits per heavy atom. The van der Waals surface area contributed by atoms with Gasteiger partial charge in [0.1, 0.15) is 18.1 Å². The van der Waals surface area contributed by atoms with Gasteiger partial charge < -0.3 is 14.8 Å². The molecule has 1 aliphatic heterocycles. The third-order valence-electron chi connectivity index (χ3n) is 4.95. The van der Waals surface area contributed by atoms with Crippen molar-refractivity contribution in [2.75, 3.05) is 12.0 Å². The summed E-state index contributed by atoms with van der Waals surface area (Å²) in [4.78, 5) is 25.1. The summed E-state index contributed by atoms with van der Waals surface area (Å²) in [6.07, 6.45) is 1.69. The van der Waals surface area contributed by atoms with E-state index in [9.17, 15) is 14.9 Å². The maximum absolute atomic E-state index is 12.9.